The lowest BCUT2D eigenvalue weighted by Crippen LogP contribution is -2.18. The first-order valence-electron chi connectivity index (χ1n) is 9.27. The number of rotatable bonds is 6. The first-order chi connectivity index (χ1) is 13.1. The number of carbonyl (C=O) groups excluding carboxylic acids is 1. The summed E-state index contributed by atoms with van der Waals surface area (Å²) in [5, 5.41) is 0.802. The predicted molar refractivity (Wildman–Crippen MR) is 102 cm³/mol. The van der Waals surface area contributed by atoms with E-state index in [-0.39, 0.29) is 18.5 Å². The lowest BCUT2D eigenvalue weighted by Gasteiger charge is -2.14. The molecule has 6 heteroatoms. The first kappa shape index (κ1) is 17.7. The van der Waals surface area contributed by atoms with Crippen LogP contribution in [0.15, 0.2) is 36.7 Å². The summed E-state index contributed by atoms with van der Waals surface area (Å²) in [4.78, 5) is 21.2. The third-order valence-corrected chi connectivity index (χ3v) is 5.13. The lowest BCUT2D eigenvalue weighted by atomic mass is 10.1. The van der Waals surface area contributed by atoms with Crippen molar-refractivity contribution in [2.45, 2.75) is 39.3 Å². The van der Waals surface area contributed by atoms with Gasteiger partial charge in [0.15, 0.2) is 6.61 Å². The topological polar surface area (TPSA) is 66.2 Å². The highest BCUT2D eigenvalue weighted by Crippen LogP contribution is 2.23. The van der Waals surface area contributed by atoms with Crippen LogP contribution < -0.4 is 4.74 Å². The molecule has 1 fully saturated rings. The van der Waals surface area contributed by atoms with Crippen LogP contribution in [0.5, 0.6) is 5.88 Å². The van der Waals surface area contributed by atoms with Gasteiger partial charge in [-0.2, -0.15) is 0 Å². The number of ketones is 1. The minimum absolute atomic E-state index is 0.0504. The second-order valence-electron chi connectivity index (χ2n) is 6.94. The SMILES string of the molecule is Cc1cc(C(=O)COc2ncnc3ccccc23)c(C)n1C[C@@H]1CCCO1. The van der Waals surface area contributed by atoms with Gasteiger partial charge in [0, 0.05) is 30.1 Å². The van der Waals surface area contributed by atoms with Gasteiger partial charge >= 0.3 is 0 Å². The van der Waals surface area contributed by atoms with Gasteiger partial charge in [-0.05, 0) is 44.9 Å². The van der Waals surface area contributed by atoms with Crippen LogP contribution in [0.4, 0.5) is 0 Å². The zero-order valence-corrected chi connectivity index (χ0v) is 15.6. The molecule has 0 bridgehead atoms. The fraction of sp³-hybridized carbons (Fsp3) is 0.381. The number of benzene rings is 1. The van der Waals surface area contributed by atoms with E-state index in [0.29, 0.717) is 11.4 Å². The molecule has 1 saturated heterocycles. The average molecular weight is 365 g/mol. The van der Waals surface area contributed by atoms with Crippen molar-refractivity contribution in [3.63, 3.8) is 0 Å². The van der Waals surface area contributed by atoms with Crippen LogP contribution in [0.1, 0.15) is 34.6 Å². The maximum atomic E-state index is 12.8. The Kier molecular flexibility index (Phi) is 4.90. The molecule has 1 aromatic carbocycles. The molecule has 3 aromatic rings. The van der Waals surface area contributed by atoms with Gasteiger partial charge in [-0.15, -0.1) is 0 Å². The van der Waals surface area contributed by atoms with Crippen LogP contribution in [0.25, 0.3) is 10.9 Å². The largest absolute Gasteiger partial charge is 0.469 e. The number of ether oxygens (including phenoxy) is 2. The van der Waals surface area contributed by atoms with Crippen molar-refractivity contribution in [2.75, 3.05) is 13.2 Å². The van der Waals surface area contributed by atoms with Crippen molar-refractivity contribution in [1.82, 2.24) is 14.5 Å². The van der Waals surface area contributed by atoms with Crippen molar-refractivity contribution in [2.24, 2.45) is 0 Å². The van der Waals surface area contributed by atoms with Gasteiger partial charge in [-0.1, -0.05) is 12.1 Å². The number of para-hydroxylation sites is 1. The monoisotopic (exact) mass is 365 g/mol. The van der Waals surface area contributed by atoms with Crippen molar-refractivity contribution in [1.29, 1.82) is 0 Å². The van der Waals surface area contributed by atoms with E-state index < -0.39 is 0 Å². The van der Waals surface area contributed by atoms with Gasteiger partial charge in [0.05, 0.1) is 17.0 Å². The maximum absolute atomic E-state index is 12.8. The van der Waals surface area contributed by atoms with E-state index in [9.17, 15) is 4.79 Å². The number of hydrogen-bond donors (Lipinski definition) is 0. The molecule has 0 radical (unpaired) electrons. The number of nitrogens with zero attached hydrogens (tertiary/aromatic N) is 3. The second kappa shape index (κ2) is 7.48. The summed E-state index contributed by atoms with van der Waals surface area (Å²) in [6.07, 6.45) is 3.87. The van der Waals surface area contributed by atoms with E-state index in [1.54, 1.807) is 0 Å². The smallest absolute Gasteiger partial charge is 0.224 e. The van der Waals surface area contributed by atoms with Crippen LogP contribution in [0.2, 0.25) is 0 Å². The molecule has 27 heavy (non-hydrogen) atoms. The van der Waals surface area contributed by atoms with Crippen molar-refractivity contribution in [3.05, 3.63) is 53.6 Å². The van der Waals surface area contributed by atoms with Crippen molar-refractivity contribution >= 4 is 16.7 Å². The van der Waals surface area contributed by atoms with E-state index in [0.717, 1.165) is 48.3 Å². The van der Waals surface area contributed by atoms with E-state index in [1.165, 1.54) is 6.33 Å². The Morgan fingerprint density at radius 2 is 2.15 bits per heavy atom. The average Bonchev–Trinajstić information content (AvgIpc) is 3.30. The van der Waals surface area contributed by atoms with E-state index in [1.807, 2.05) is 44.2 Å². The van der Waals surface area contributed by atoms with Gasteiger partial charge < -0.3 is 14.0 Å². The molecule has 0 saturated carbocycles. The number of carbonyl (C=O) groups is 1. The van der Waals surface area contributed by atoms with E-state index >= 15 is 0 Å². The Labute approximate surface area is 158 Å². The third kappa shape index (κ3) is 3.57. The van der Waals surface area contributed by atoms with Gasteiger partial charge in [-0.3, -0.25) is 4.79 Å². The predicted octanol–water partition coefficient (Wildman–Crippen LogP) is 3.49. The molecular weight excluding hydrogens is 342 g/mol. The van der Waals surface area contributed by atoms with Crippen molar-refractivity contribution < 1.29 is 14.3 Å². The zero-order chi connectivity index (χ0) is 18.8. The molecule has 0 N–H and O–H groups in total. The molecular formula is C21H23N3O3. The summed E-state index contributed by atoms with van der Waals surface area (Å²) in [7, 11) is 0. The highest BCUT2D eigenvalue weighted by molar-refractivity contribution is 5.98. The van der Waals surface area contributed by atoms with Crippen LogP contribution in [-0.4, -0.2) is 39.6 Å². The molecule has 140 valence electrons. The van der Waals surface area contributed by atoms with Crippen LogP contribution in [-0.2, 0) is 11.3 Å². The molecule has 1 atom stereocenters. The van der Waals surface area contributed by atoms with Gasteiger partial charge in [0.1, 0.15) is 6.33 Å². The zero-order valence-electron chi connectivity index (χ0n) is 15.6. The second-order valence-corrected chi connectivity index (χ2v) is 6.94. The Morgan fingerprint density at radius 1 is 1.30 bits per heavy atom. The van der Waals surface area contributed by atoms with Crippen molar-refractivity contribution in [3.8, 4) is 5.88 Å². The highest BCUT2D eigenvalue weighted by Gasteiger charge is 2.21. The molecule has 1 aliphatic rings. The number of Topliss-reactive ketones (excluding diaryl/α,β-unsaturated/α-hetero) is 1. The fourth-order valence-corrected chi connectivity index (χ4v) is 3.66. The van der Waals surface area contributed by atoms with Gasteiger partial charge in [-0.25, -0.2) is 9.97 Å². The minimum atomic E-state index is -0.0515. The molecule has 4 rings (SSSR count). The summed E-state index contributed by atoms with van der Waals surface area (Å²) >= 11 is 0. The van der Waals surface area contributed by atoms with Gasteiger partial charge in [0.2, 0.25) is 11.7 Å². The molecule has 2 aromatic heterocycles. The number of aromatic nitrogens is 3. The molecule has 0 spiro atoms. The quantitative estimate of drug-likeness (QED) is 0.626. The summed E-state index contributed by atoms with van der Waals surface area (Å²) < 4.78 is 13.6. The van der Waals surface area contributed by atoms with Crippen LogP contribution in [0, 0.1) is 13.8 Å². The third-order valence-electron chi connectivity index (χ3n) is 5.13. The lowest BCUT2D eigenvalue weighted by molar-refractivity contribution is 0.0912. The van der Waals surface area contributed by atoms with Crippen LogP contribution >= 0.6 is 0 Å². The molecule has 1 aliphatic heterocycles. The summed E-state index contributed by atoms with van der Waals surface area (Å²) in [6, 6.07) is 9.54. The minimum Gasteiger partial charge on any atom is -0.469 e. The number of hydrogen-bond acceptors (Lipinski definition) is 5. The fourth-order valence-electron chi connectivity index (χ4n) is 3.66. The first-order valence-corrected chi connectivity index (χ1v) is 9.27. The maximum Gasteiger partial charge on any atom is 0.224 e. The van der Waals surface area contributed by atoms with E-state index in [4.69, 9.17) is 9.47 Å². The Hall–Kier alpha value is -2.73. The molecule has 0 amide bonds. The van der Waals surface area contributed by atoms with Crippen LogP contribution in [0.3, 0.4) is 0 Å². The molecule has 0 aliphatic carbocycles. The highest BCUT2D eigenvalue weighted by atomic mass is 16.5. The van der Waals surface area contributed by atoms with E-state index in [2.05, 4.69) is 14.5 Å². The number of fused-ring (bicyclic) bond motifs is 1. The Balaban J connectivity index is 1.49. The summed E-state index contributed by atoms with van der Waals surface area (Å²) in [6.45, 7) is 5.58. The number of aryl methyl sites for hydroxylation is 1. The summed E-state index contributed by atoms with van der Waals surface area (Å²) in [5.74, 6) is 0.381. The normalized spacial score (nSPS) is 16.7. The van der Waals surface area contributed by atoms with Gasteiger partial charge in [0.25, 0.3) is 0 Å². The molecule has 3 heterocycles. The Bertz CT molecular complexity index is 969. The summed E-state index contributed by atoms with van der Waals surface area (Å²) in [5.41, 5.74) is 3.52. The molecule has 0 unspecified atom stereocenters. The molecule has 6 nitrogen and oxygen atoms in total. The standard InChI is InChI=1S/C21H23N3O3/c1-14-10-18(15(2)24(14)11-16-6-5-9-26-16)20(25)12-27-21-17-7-3-4-8-19(17)22-13-23-21/h3-4,7-8,10,13,16H,5-6,9,11-12H2,1-2H3/t16-/m0/s1. The Morgan fingerprint density at radius 3 is 2.96 bits per heavy atom.